The Hall–Kier alpha value is -1.96. The molecule has 0 bridgehead atoms. The van der Waals surface area contributed by atoms with Crippen molar-refractivity contribution in [3.05, 3.63) is 12.4 Å². The number of hydrogen-bond acceptors (Lipinski definition) is 3. The first kappa shape index (κ1) is 12.1. The van der Waals surface area contributed by atoms with Crippen LogP contribution in [0, 0.1) is 12.3 Å². The molecular formula is C11H16N4O. The fourth-order valence-electron chi connectivity index (χ4n) is 1.38. The number of hydrogen-bond donors (Lipinski definition) is 1. The Morgan fingerprint density at radius 1 is 1.75 bits per heavy atom. The number of carbonyl (C=O) groups excluding carboxylic acids is 1. The van der Waals surface area contributed by atoms with Crippen LogP contribution in [0.4, 0.5) is 5.69 Å². The van der Waals surface area contributed by atoms with E-state index in [0.717, 1.165) is 6.42 Å². The predicted octanol–water partition coefficient (Wildman–Crippen LogP) is 0.337. The molecule has 1 aromatic heterocycles. The molecule has 0 saturated carbocycles. The van der Waals surface area contributed by atoms with Crippen LogP contribution in [0.3, 0.4) is 0 Å². The van der Waals surface area contributed by atoms with Crippen molar-refractivity contribution < 1.29 is 4.79 Å². The van der Waals surface area contributed by atoms with Gasteiger partial charge >= 0.3 is 0 Å². The number of carbonyl (C=O) groups is 1. The first-order valence-electron chi connectivity index (χ1n) is 5.16. The van der Waals surface area contributed by atoms with Crippen LogP contribution in [0.1, 0.15) is 13.3 Å². The summed E-state index contributed by atoms with van der Waals surface area (Å²) in [4.78, 5) is 13.5. The quantitative estimate of drug-likeness (QED) is 0.728. The highest BCUT2D eigenvalue weighted by atomic mass is 16.2. The Balaban J connectivity index is 2.58. The van der Waals surface area contributed by atoms with E-state index in [1.807, 2.05) is 6.92 Å². The number of nitrogens with zero attached hydrogens (tertiary/aromatic N) is 3. The third kappa shape index (κ3) is 3.31. The van der Waals surface area contributed by atoms with Crippen LogP contribution in [0.2, 0.25) is 0 Å². The van der Waals surface area contributed by atoms with Gasteiger partial charge in [-0.15, -0.1) is 6.42 Å². The van der Waals surface area contributed by atoms with Gasteiger partial charge in [0.2, 0.25) is 5.91 Å². The highest BCUT2D eigenvalue weighted by Crippen LogP contribution is 2.00. The highest BCUT2D eigenvalue weighted by molar-refractivity contribution is 5.76. The summed E-state index contributed by atoms with van der Waals surface area (Å²) in [5, 5.41) is 3.95. The van der Waals surface area contributed by atoms with E-state index in [0.29, 0.717) is 18.8 Å². The fourth-order valence-corrected chi connectivity index (χ4v) is 1.38. The van der Waals surface area contributed by atoms with Crippen molar-refractivity contribution in [3.63, 3.8) is 0 Å². The SMILES string of the molecule is C#CCN(CCC)C(=O)Cn1cc(N)cn1. The Labute approximate surface area is 95.2 Å². The van der Waals surface area contributed by atoms with Crippen molar-refractivity contribution >= 4 is 11.6 Å². The van der Waals surface area contributed by atoms with E-state index in [1.54, 1.807) is 11.1 Å². The molecule has 0 aliphatic carbocycles. The summed E-state index contributed by atoms with van der Waals surface area (Å²) < 4.78 is 1.51. The molecular weight excluding hydrogens is 204 g/mol. The van der Waals surface area contributed by atoms with Crippen LogP contribution in [0.15, 0.2) is 12.4 Å². The van der Waals surface area contributed by atoms with Crippen LogP contribution in [0.25, 0.3) is 0 Å². The lowest BCUT2D eigenvalue weighted by atomic mass is 10.4. The van der Waals surface area contributed by atoms with Gasteiger partial charge in [-0.3, -0.25) is 9.48 Å². The molecule has 2 N–H and O–H groups in total. The van der Waals surface area contributed by atoms with Gasteiger partial charge in [-0.2, -0.15) is 5.10 Å². The van der Waals surface area contributed by atoms with Gasteiger partial charge < -0.3 is 10.6 Å². The lowest BCUT2D eigenvalue weighted by Crippen LogP contribution is -2.34. The summed E-state index contributed by atoms with van der Waals surface area (Å²) in [7, 11) is 0. The van der Waals surface area contributed by atoms with E-state index in [1.165, 1.54) is 10.9 Å². The van der Waals surface area contributed by atoms with Crippen molar-refractivity contribution in [3.8, 4) is 12.3 Å². The minimum absolute atomic E-state index is 0.0390. The molecule has 0 radical (unpaired) electrons. The molecule has 0 aliphatic heterocycles. The Morgan fingerprint density at radius 3 is 3.00 bits per heavy atom. The van der Waals surface area contributed by atoms with Crippen LogP contribution < -0.4 is 5.73 Å². The average Bonchev–Trinajstić information content (AvgIpc) is 2.63. The van der Waals surface area contributed by atoms with Gasteiger partial charge in [-0.1, -0.05) is 12.8 Å². The molecule has 0 unspecified atom stereocenters. The summed E-state index contributed by atoms with van der Waals surface area (Å²) in [6.07, 6.45) is 9.23. The fraction of sp³-hybridized carbons (Fsp3) is 0.455. The van der Waals surface area contributed by atoms with Gasteiger partial charge in [0.05, 0.1) is 18.4 Å². The van der Waals surface area contributed by atoms with E-state index in [-0.39, 0.29) is 12.5 Å². The molecule has 0 atom stereocenters. The molecule has 0 fully saturated rings. The van der Waals surface area contributed by atoms with Gasteiger partial charge in [-0.25, -0.2) is 0 Å². The number of terminal acetylenes is 1. The van der Waals surface area contributed by atoms with Gasteiger partial charge in [0.25, 0.3) is 0 Å². The molecule has 5 heteroatoms. The smallest absolute Gasteiger partial charge is 0.245 e. The normalized spacial score (nSPS) is 9.75. The Bertz CT molecular complexity index is 391. The van der Waals surface area contributed by atoms with Crippen LogP contribution >= 0.6 is 0 Å². The number of amides is 1. The van der Waals surface area contributed by atoms with E-state index >= 15 is 0 Å². The first-order valence-corrected chi connectivity index (χ1v) is 5.16. The third-order valence-electron chi connectivity index (χ3n) is 2.08. The van der Waals surface area contributed by atoms with Crippen LogP contribution in [0.5, 0.6) is 0 Å². The molecule has 1 heterocycles. The number of aromatic nitrogens is 2. The molecule has 0 saturated heterocycles. The number of anilines is 1. The summed E-state index contributed by atoms with van der Waals surface area (Å²) >= 11 is 0. The zero-order chi connectivity index (χ0) is 12.0. The predicted molar refractivity (Wildman–Crippen MR) is 62.3 cm³/mol. The zero-order valence-electron chi connectivity index (χ0n) is 9.39. The molecule has 0 aromatic carbocycles. The maximum atomic E-state index is 11.8. The minimum atomic E-state index is -0.0390. The van der Waals surface area contributed by atoms with E-state index < -0.39 is 0 Å². The first-order chi connectivity index (χ1) is 7.67. The average molecular weight is 220 g/mol. The molecule has 16 heavy (non-hydrogen) atoms. The lowest BCUT2D eigenvalue weighted by Gasteiger charge is -2.19. The van der Waals surface area contributed by atoms with Crippen molar-refractivity contribution in [2.45, 2.75) is 19.9 Å². The minimum Gasteiger partial charge on any atom is -0.396 e. The van der Waals surface area contributed by atoms with Crippen molar-refractivity contribution in [2.24, 2.45) is 0 Å². The highest BCUT2D eigenvalue weighted by Gasteiger charge is 2.12. The lowest BCUT2D eigenvalue weighted by molar-refractivity contribution is -0.131. The van der Waals surface area contributed by atoms with Crippen molar-refractivity contribution in [1.82, 2.24) is 14.7 Å². The monoisotopic (exact) mass is 220 g/mol. The number of rotatable bonds is 5. The van der Waals surface area contributed by atoms with Crippen molar-refractivity contribution in [1.29, 1.82) is 0 Å². The number of nitrogens with two attached hydrogens (primary N) is 1. The molecule has 1 amide bonds. The maximum absolute atomic E-state index is 11.8. The summed E-state index contributed by atoms with van der Waals surface area (Å²) in [5.41, 5.74) is 6.06. The maximum Gasteiger partial charge on any atom is 0.245 e. The van der Waals surface area contributed by atoms with E-state index in [4.69, 9.17) is 12.2 Å². The van der Waals surface area contributed by atoms with E-state index in [2.05, 4.69) is 11.0 Å². The summed E-state index contributed by atoms with van der Waals surface area (Å²) in [5.74, 6) is 2.44. The second-order valence-electron chi connectivity index (χ2n) is 3.49. The second-order valence-corrected chi connectivity index (χ2v) is 3.49. The van der Waals surface area contributed by atoms with Crippen LogP contribution in [-0.4, -0.2) is 33.7 Å². The molecule has 5 nitrogen and oxygen atoms in total. The Kier molecular flexibility index (Phi) is 4.40. The van der Waals surface area contributed by atoms with Gasteiger partial charge in [0, 0.05) is 12.7 Å². The topological polar surface area (TPSA) is 64.2 Å². The molecule has 86 valence electrons. The molecule has 1 aromatic rings. The third-order valence-corrected chi connectivity index (χ3v) is 2.08. The van der Waals surface area contributed by atoms with Crippen molar-refractivity contribution in [2.75, 3.05) is 18.8 Å². The zero-order valence-corrected chi connectivity index (χ0v) is 9.39. The molecule has 0 spiro atoms. The standard InChI is InChI=1S/C11H16N4O/c1-3-5-14(6-4-2)11(16)9-15-8-10(12)7-13-15/h1,7-8H,4-6,9,12H2,2H3. The van der Waals surface area contributed by atoms with Gasteiger partial charge in [0.1, 0.15) is 6.54 Å². The largest absolute Gasteiger partial charge is 0.396 e. The molecule has 0 aliphatic rings. The second kappa shape index (κ2) is 5.81. The van der Waals surface area contributed by atoms with Gasteiger partial charge in [0.15, 0.2) is 0 Å². The van der Waals surface area contributed by atoms with E-state index in [9.17, 15) is 4.79 Å². The van der Waals surface area contributed by atoms with Gasteiger partial charge in [-0.05, 0) is 6.42 Å². The van der Waals surface area contributed by atoms with Crippen LogP contribution in [-0.2, 0) is 11.3 Å². The summed E-state index contributed by atoms with van der Waals surface area (Å²) in [6.45, 7) is 3.19. The number of nitrogen functional groups attached to an aromatic ring is 1. The Morgan fingerprint density at radius 2 is 2.50 bits per heavy atom. The molecule has 1 rings (SSSR count). The summed E-state index contributed by atoms with van der Waals surface area (Å²) in [6, 6.07) is 0.